The van der Waals surface area contributed by atoms with Crippen molar-refractivity contribution in [3.8, 4) is 0 Å². The first-order valence-corrected chi connectivity index (χ1v) is 19.9. The van der Waals surface area contributed by atoms with E-state index in [2.05, 4.69) is 20.9 Å². The lowest BCUT2D eigenvalue weighted by atomic mass is 10.0. The van der Waals surface area contributed by atoms with Crippen LogP contribution in [0.3, 0.4) is 0 Å². The van der Waals surface area contributed by atoms with Crippen molar-refractivity contribution in [3.63, 3.8) is 0 Å². The zero-order valence-electron chi connectivity index (χ0n) is 31.2. The number of alkyl carbamates (subject to hydrolysis) is 1. The van der Waals surface area contributed by atoms with E-state index in [9.17, 15) is 23.7 Å². The summed E-state index contributed by atoms with van der Waals surface area (Å²) in [5.41, 5.74) is 8.03. The highest BCUT2D eigenvalue weighted by Crippen LogP contribution is 2.30. The van der Waals surface area contributed by atoms with Gasteiger partial charge < -0.3 is 40.3 Å². The van der Waals surface area contributed by atoms with Crippen LogP contribution in [-0.4, -0.2) is 80.6 Å². The number of amides is 3. The Morgan fingerprint density at radius 3 is 2.21 bits per heavy atom. The van der Waals surface area contributed by atoms with Crippen LogP contribution in [0, 0.1) is 5.41 Å². The Kier molecular flexibility index (Phi) is 13.9. The lowest BCUT2D eigenvalue weighted by molar-refractivity contribution is -0.140. The van der Waals surface area contributed by atoms with E-state index in [-0.39, 0.29) is 50.8 Å². The Balaban J connectivity index is 1.26. The Hall–Kier alpha value is -6.19. The maximum Gasteiger partial charge on any atom is 0.408 e. The molecule has 0 saturated carbocycles. The van der Waals surface area contributed by atoms with Crippen molar-refractivity contribution in [3.05, 3.63) is 132 Å². The molecule has 1 aliphatic rings. The smallest absolute Gasteiger partial charge is 0.408 e. The molecular formula is C42H45N7O7S. The lowest BCUT2D eigenvalue weighted by Crippen LogP contribution is -2.55. The van der Waals surface area contributed by atoms with E-state index in [0.29, 0.717) is 28.8 Å². The molecule has 296 valence electrons. The molecule has 14 nitrogen and oxygen atoms in total. The van der Waals surface area contributed by atoms with E-state index in [1.807, 2.05) is 60.7 Å². The number of para-hydroxylation sites is 2. The van der Waals surface area contributed by atoms with Gasteiger partial charge in [-0.1, -0.05) is 91.0 Å². The fourth-order valence-electron chi connectivity index (χ4n) is 6.70. The zero-order chi connectivity index (χ0) is 40.1. The molecule has 0 bridgehead atoms. The normalized spacial score (nSPS) is 16.6. The number of nitrogens with zero attached hydrogens (tertiary/aromatic N) is 2. The largest absolute Gasteiger partial charge is 0.611 e. The number of carbonyl (C=O) groups is 4. The van der Waals surface area contributed by atoms with Gasteiger partial charge in [0.2, 0.25) is 17.6 Å². The number of Topliss-reactive ketones (excluding diaryl/α,β-unsaturated/α-hetero) is 1. The van der Waals surface area contributed by atoms with E-state index in [0.717, 1.165) is 11.1 Å². The molecule has 5 aromatic rings. The molecule has 5 atom stereocenters. The maximum atomic E-state index is 14.7. The van der Waals surface area contributed by atoms with Crippen molar-refractivity contribution >= 4 is 51.9 Å². The third kappa shape index (κ3) is 11.0. The number of aryl methyl sites for hydroxylation is 1. The third-order valence-electron chi connectivity index (χ3n) is 9.62. The summed E-state index contributed by atoms with van der Waals surface area (Å²) < 4.78 is 25.2. The molecule has 4 aromatic carbocycles. The minimum Gasteiger partial charge on any atom is -0.611 e. The predicted octanol–water partition coefficient (Wildman–Crippen LogP) is 4.46. The van der Waals surface area contributed by atoms with E-state index >= 15 is 0 Å². The number of nitrogens with two attached hydrogens (primary N) is 1. The number of likely N-dealkylation sites (tertiary alicyclic amines) is 1. The molecule has 2 heterocycles. The first-order valence-electron chi connectivity index (χ1n) is 18.7. The van der Waals surface area contributed by atoms with Gasteiger partial charge in [0.15, 0.2) is 16.4 Å². The first-order chi connectivity index (χ1) is 27.7. The van der Waals surface area contributed by atoms with Crippen LogP contribution in [0.4, 0.5) is 4.79 Å². The summed E-state index contributed by atoms with van der Waals surface area (Å²) >= 11 is -1.60. The number of hydrogen-bond donors (Lipinski definition) is 5. The van der Waals surface area contributed by atoms with E-state index in [4.69, 9.17) is 20.3 Å². The number of oxazole rings is 1. The van der Waals surface area contributed by atoms with Crippen LogP contribution in [0.15, 0.2) is 125 Å². The molecule has 1 aliphatic heterocycles. The number of carbonyl (C=O) groups excluding carboxylic acids is 4. The number of nitrogens with one attached hydrogen (secondary N) is 4. The van der Waals surface area contributed by atoms with Gasteiger partial charge in [-0.25, -0.2) is 9.78 Å². The molecule has 0 radical (unpaired) electrons. The van der Waals surface area contributed by atoms with Gasteiger partial charge in [-0.2, -0.15) is 0 Å². The number of aromatic nitrogens is 1. The van der Waals surface area contributed by atoms with Crippen LogP contribution in [0.1, 0.15) is 47.5 Å². The first kappa shape index (κ1) is 40.5. The number of ether oxygens (including phenoxy) is 1. The molecule has 6 N–H and O–H groups in total. The van der Waals surface area contributed by atoms with Crippen LogP contribution in [0.25, 0.3) is 11.1 Å². The molecule has 1 fully saturated rings. The molecule has 57 heavy (non-hydrogen) atoms. The third-order valence-corrected chi connectivity index (χ3v) is 11.3. The highest BCUT2D eigenvalue weighted by molar-refractivity contribution is 7.92. The average molecular weight is 792 g/mol. The summed E-state index contributed by atoms with van der Waals surface area (Å²) in [6.07, 6.45) is 0.286. The second-order valence-corrected chi connectivity index (χ2v) is 15.4. The van der Waals surface area contributed by atoms with E-state index in [1.54, 1.807) is 54.6 Å². The quantitative estimate of drug-likeness (QED) is 0.0293. The van der Waals surface area contributed by atoms with Crippen molar-refractivity contribution < 1.29 is 32.9 Å². The molecule has 15 heteroatoms. The van der Waals surface area contributed by atoms with Gasteiger partial charge in [0.25, 0.3) is 5.89 Å². The summed E-state index contributed by atoms with van der Waals surface area (Å²) in [6, 6.07) is 30.9. The fourth-order valence-corrected chi connectivity index (χ4v) is 8.17. The minimum absolute atomic E-state index is 0.0173. The standard InChI is InChI=1S/C42H45N7O7S/c43-41(44)45-24-12-20-33(37(50)39-47-32-19-10-11-21-36(32)56-39)46-38(51)35-25-31(57(54)30-17-8-3-9-18-30)26-49(35)40(52)34(23-22-28-13-4-1-5-14-28)48-42(53)55-27-29-15-6-2-7-16-29/h1-11,13-19,21,31,33-35H,12,20,22-27H2,(H,46,51)(H,48,53)(H4,43,44,45)/t31-,33+,34-,35+,57?/m1/s1. The minimum atomic E-state index is -1.60. The highest BCUT2D eigenvalue weighted by Gasteiger charge is 2.47. The fraction of sp³-hybridized carbons (Fsp3) is 0.286. The van der Waals surface area contributed by atoms with Crippen molar-refractivity contribution in [2.45, 2.75) is 67.0 Å². The molecule has 0 aliphatic carbocycles. The molecule has 3 amide bonds. The molecular weight excluding hydrogens is 747 g/mol. The number of fused-ring (bicyclic) bond motifs is 1. The Bertz CT molecular complexity index is 2100. The van der Waals surface area contributed by atoms with Crippen molar-refractivity contribution in [1.82, 2.24) is 25.8 Å². The molecule has 0 spiro atoms. The van der Waals surface area contributed by atoms with Gasteiger partial charge in [-0.05, 0) is 72.3 Å². The SMILES string of the molecule is N=C(N)NCCC[C@H](NC(=O)[C@@H]1C[C@@H]([S+]([O-])c2ccccc2)CN1C(=O)[C@@H](CCc1ccccc1)NC(=O)OCc1ccccc1)C(=O)c1nc2ccccc2o1. The summed E-state index contributed by atoms with van der Waals surface area (Å²) in [7, 11) is 0. The van der Waals surface area contributed by atoms with Crippen LogP contribution in [-0.2, 0) is 38.5 Å². The number of rotatable bonds is 17. The summed E-state index contributed by atoms with van der Waals surface area (Å²) in [5, 5.41) is 15.1. The second kappa shape index (κ2) is 19.6. The van der Waals surface area contributed by atoms with Gasteiger partial charge in [-0.3, -0.25) is 19.8 Å². The number of guanidine groups is 1. The van der Waals surface area contributed by atoms with Gasteiger partial charge in [0, 0.05) is 13.0 Å². The molecule has 1 unspecified atom stereocenters. The molecule has 1 saturated heterocycles. The van der Waals surface area contributed by atoms with Crippen molar-refractivity contribution in [1.29, 1.82) is 5.41 Å². The zero-order valence-corrected chi connectivity index (χ0v) is 32.0. The molecule has 1 aromatic heterocycles. The number of benzene rings is 4. The summed E-state index contributed by atoms with van der Waals surface area (Å²) in [5.74, 6) is -2.20. The van der Waals surface area contributed by atoms with E-state index in [1.165, 1.54) is 4.90 Å². The maximum absolute atomic E-state index is 14.7. The van der Waals surface area contributed by atoms with Crippen LogP contribution >= 0.6 is 0 Å². The van der Waals surface area contributed by atoms with E-state index < -0.39 is 58.2 Å². The van der Waals surface area contributed by atoms with Crippen LogP contribution < -0.4 is 21.7 Å². The summed E-state index contributed by atoms with van der Waals surface area (Å²) in [4.78, 5) is 62.5. The highest BCUT2D eigenvalue weighted by atomic mass is 32.2. The predicted molar refractivity (Wildman–Crippen MR) is 214 cm³/mol. The average Bonchev–Trinajstić information content (AvgIpc) is 3.89. The Morgan fingerprint density at radius 2 is 1.53 bits per heavy atom. The van der Waals surface area contributed by atoms with Gasteiger partial charge >= 0.3 is 6.09 Å². The van der Waals surface area contributed by atoms with Crippen molar-refractivity contribution in [2.24, 2.45) is 5.73 Å². The van der Waals surface area contributed by atoms with Gasteiger partial charge in [0.05, 0.1) is 12.6 Å². The Morgan fingerprint density at radius 1 is 0.877 bits per heavy atom. The topological polar surface area (TPSA) is 216 Å². The summed E-state index contributed by atoms with van der Waals surface area (Å²) in [6.45, 7) is 0.188. The number of ketones is 1. The van der Waals surface area contributed by atoms with Crippen LogP contribution in [0.2, 0.25) is 0 Å². The van der Waals surface area contributed by atoms with Gasteiger partial charge in [0.1, 0.15) is 29.5 Å². The van der Waals surface area contributed by atoms with Gasteiger partial charge in [-0.15, -0.1) is 0 Å². The number of hydrogen-bond acceptors (Lipinski definition) is 9. The second-order valence-electron chi connectivity index (χ2n) is 13.7. The lowest BCUT2D eigenvalue weighted by Gasteiger charge is -2.29. The monoisotopic (exact) mass is 791 g/mol. The van der Waals surface area contributed by atoms with Crippen LogP contribution in [0.5, 0.6) is 0 Å². The molecule has 6 rings (SSSR count). The van der Waals surface area contributed by atoms with Crippen molar-refractivity contribution in [2.75, 3.05) is 13.1 Å². The Labute approximate surface area is 333 Å².